The fourth-order valence-electron chi connectivity index (χ4n) is 2.64. The number of aryl methyl sites for hydroxylation is 2. The maximum atomic E-state index is 12.5. The van der Waals surface area contributed by atoms with Gasteiger partial charge in [0.2, 0.25) is 5.88 Å². The van der Waals surface area contributed by atoms with Gasteiger partial charge >= 0.3 is 6.01 Å². The zero-order chi connectivity index (χ0) is 16.9. The Labute approximate surface area is 144 Å². The molecule has 0 radical (unpaired) electrons. The summed E-state index contributed by atoms with van der Waals surface area (Å²) in [6, 6.07) is 1.56. The highest BCUT2D eigenvalue weighted by atomic mass is 32.1. The molecule has 3 rings (SSSR count). The van der Waals surface area contributed by atoms with E-state index in [0.717, 1.165) is 25.0 Å². The van der Waals surface area contributed by atoms with Crippen molar-refractivity contribution >= 4 is 22.4 Å². The van der Waals surface area contributed by atoms with Gasteiger partial charge in [-0.3, -0.25) is 10.1 Å². The van der Waals surface area contributed by atoms with Crippen molar-refractivity contribution in [3.63, 3.8) is 0 Å². The first kappa shape index (κ1) is 16.6. The molecule has 2 aromatic heterocycles. The molecular formula is C16H20N4O3S. The first-order valence-corrected chi connectivity index (χ1v) is 8.78. The Hall–Kier alpha value is -2.22. The number of ether oxygens (including phenoxy) is 2. The second-order valence-electron chi connectivity index (χ2n) is 5.54. The van der Waals surface area contributed by atoms with Crippen molar-refractivity contribution in [3.8, 4) is 11.9 Å². The molecular weight excluding hydrogens is 328 g/mol. The lowest BCUT2D eigenvalue weighted by atomic mass is 10.0. The molecule has 0 saturated heterocycles. The third-order valence-corrected chi connectivity index (χ3v) is 4.95. The monoisotopic (exact) mass is 348 g/mol. The Kier molecular flexibility index (Phi) is 5.24. The van der Waals surface area contributed by atoms with Crippen molar-refractivity contribution in [2.45, 2.75) is 38.5 Å². The van der Waals surface area contributed by atoms with Gasteiger partial charge in [0.1, 0.15) is 5.69 Å². The Morgan fingerprint density at radius 3 is 2.62 bits per heavy atom. The van der Waals surface area contributed by atoms with Crippen LogP contribution in [0.1, 0.15) is 46.7 Å². The normalized spacial score (nSPS) is 14.2. The molecule has 0 unspecified atom stereocenters. The first-order valence-electron chi connectivity index (χ1n) is 7.96. The SMILES string of the molecule is COc1cc(C(=O)Nc2nc3c(s2)CCCCCC3)nc(OC)n1. The summed E-state index contributed by atoms with van der Waals surface area (Å²) in [6.07, 6.45) is 6.88. The molecule has 128 valence electrons. The summed E-state index contributed by atoms with van der Waals surface area (Å²) in [5, 5.41) is 3.44. The predicted octanol–water partition coefficient (Wildman–Crippen LogP) is 2.86. The molecule has 0 fully saturated rings. The number of hydrogen-bond acceptors (Lipinski definition) is 7. The lowest BCUT2D eigenvalue weighted by Crippen LogP contribution is -2.14. The molecule has 0 saturated carbocycles. The van der Waals surface area contributed by atoms with Gasteiger partial charge in [0.15, 0.2) is 5.13 Å². The van der Waals surface area contributed by atoms with Crippen molar-refractivity contribution in [2.75, 3.05) is 19.5 Å². The highest BCUT2D eigenvalue weighted by Crippen LogP contribution is 2.28. The molecule has 2 heterocycles. The van der Waals surface area contributed by atoms with Crippen molar-refractivity contribution < 1.29 is 14.3 Å². The molecule has 2 aromatic rings. The molecule has 7 nitrogen and oxygen atoms in total. The zero-order valence-corrected chi connectivity index (χ0v) is 14.6. The first-order chi connectivity index (χ1) is 11.7. The maximum Gasteiger partial charge on any atom is 0.320 e. The van der Waals surface area contributed by atoms with E-state index in [-0.39, 0.29) is 23.5 Å². The summed E-state index contributed by atoms with van der Waals surface area (Å²) < 4.78 is 10.1. The number of methoxy groups -OCH3 is 2. The van der Waals surface area contributed by atoms with Gasteiger partial charge in [0.25, 0.3) is 5.91 Å². The van der Waals surface area contributed by atoms with Crippen molar-refractivity contribution in [1.82, 2.24) is 15.0 Å². The quantitative estimate of drug-likeness (QED) is 0.914. The number of aromatic nitrogens is 3. The summed E-state index contributed by atoms with van der Waals surface area (Å²) in [5.74, 6) is -0.0749. The molecule has 0 atom stereocenters. The van der Waals surface area contributed by atoms with Crippen LogP contribution >= 0.6 is 11.3 Å². The summed E-state index contributed by atoms with van der Waals surface area (Å²) in [7, 11) is 2.92. The van der Waals surface area contributed by atoms with Gasteiger partial charge in [-0.1, -0.05) is 12.8 Å². The van der Waals surface area contributed by atoms with Gasteiger partial charge in [0, 0.05) is 10.9 Å². The third-order valence-electron chi connectivity index (χ3n) is 3.87. The second-order valence-corrected chi connectivity index (χ2v) is 6.62. The average Bonchev–Trinajstić information content (AvgIpc) is 2.95. The van der Waals surface area contributed by atoms with E-state index in [1.165, 1.54) is 44.4 Å². The van der Waals surface area contributed by atoms with Crippen LogP contribution in [-0.4, -0.2) is 35.1 Å². The van der Waals surface area contributed by atoms with Crippen LogP contribution in [0.25, 0.3) is 0 Å². The van der Waals surface area contributed by atoms with E-state index in [0.29, 0.717) is 5.13 Å². The van der Waals surface area contributed by atoms with E-state index in [9.17, 15) is 4.79 Å². The van der Waals surface area contributed by atoms with Crippen LogP contribution in [0.15, 0.2) is 6.07 Å². The molecule has 1 aliphatic rings. The van der Waals surface area contributed by atoms with E-state index in [2.05, 4.69) is 20.3 Å². The Morgan fingerprint density at radius 1 is 1.08 bits per heavy atom. The molecule has 0 bridgehead atoms. The number of carbonyl (C=O) groups excluding carboxylic acids is 1. The average molecular weight is 348 g/mol. The van der Waals surface area contributed by atoms with Gasteiger partial charge in [-0.05, 0) is 25.7 Å². The standard InChI is InChI=1S/C16H20N4O3S/c1-22-13-9-11(17-15(19-13)23-2)14(21)20-16-18-10-7-5-3-4-6-8-12(10)24-16/h9H,3-8H2,1-2H3,(H,18,20,21). The number of hydrogen-bond donors (Lipinski definition) is 1. The third kappa shape index (κ3) is 3.81. The minimum atomic E-state index is -0.351. The summed E-state index contributed by atoms with van der Waals surface area (Å²) >= 11 is 1.55. The number of nitrogens with one attached hydrogen (secondary N) is 1. The van der Waals surface area contributed by atoms with E-state index < -0.39 is 0 Å². The Morgan fingerprint density at radius 2 is 1.88 bits per heavy atom. The van der Waals surface area contributed by atoms with Gasteiger partial charge in [0.05, 0.1) is 19.9 Å². The van der Waals surface area contributed by atoms with E-state index >= 15 is 0 Å². The number of nitrogens with zero attached hydrogens (tertiary/aromatic N) is 3. The smallest absolute Gasteiger partial charge is 0.320 e. The summed E-state index contributed by atoms with van der Waals surface area (Å²) in [6.45, 7) is 0. The number of thiazole rings is 1. The highest BCUT2D eigenvalue weighted by Gasteiger charge is 2.17. The van der Waals surface area contributed by atoms with Crippen LogP contribution in [0.4, 0.5) is 5.13 Å². The molecule has 0 aliphatic heterocycles. The summed E-state index contributed by atoms with van der Waals surface area (Å²) in [4.78, 5) is 26.4. The van der Waals surface area contributed by atoms with E-state index in [1.807, 2.05) is 0 Å². The predicted molar refractivity (Wildman–Crippen MR) is 91.1 cm³/mol. The number of rotatable bonds is 4. The maximum absolute atomic E-state index is 12.5. The van der Waals surface area contributed by atoms with Crippen molar-refractivity contribution in [2.24, 2.45) is 0 Å². The molecule has 8 heteroatoms. The molecule has 0 spiro atoms. The number of fused-ring (bicyclic) bond motifs is 1. The second kappa shape index (κ2) is 7.57. The van der Waals surface area contributed by atoms with E-state index in [4.69, 9.17) is 9.47 Å². The van der Waals surface area contributed by atoms with Crippen LogP contribution < -0.4 is 14.8 Å². The van der Waals surface area contributed by atoms with E-state index in [1.54, 1.807) is 11.3 Å². The molecule has 1 N–H and O–H groups in total. The van der Waals surface area contributed by atoms with Crippen molar-refractivity contribution in [1.29, 1.82) is 0 Å². The fourth-order valence-corrected chi connectivity index (χ4v) is 3.68. The van der Waals surface area contributed by atoms with Crippen LogP contribution in [0.5, 0.6) is 11.9 Å². The molecule has 0 aromatic carbocycles. The number of carbonyl (C=O) groups is 1. The molecule has 1 aliphatic carbocycles. The molecule has 1 amide bonds. The lowest BCUT2D eigenvalue weighted by molar-refractivity contribution is 0.102. The van der Waals surface area contributed by atoms with Crippen LogP contribution in [0.2, 0.25) is 0 Å². The largest absolute Gasteiger partial charge is 0.481 e. The summed E-state index contributed by atoms with van der Waals surface area (Å²) in [5.41, 5.74) is 1.30. The van der Waals surface area contributed by atoms with Gasteiger partial charge in [-0.2, -0.15) is 9.97 Å². The fraction of sp³-hybridized carbons (Fsp3) is 0.500. The van der Waals surface area contributed by atoms with Gasteiger partial charge < -0.3 is 9.47 Å². The van der Waals surface area contributed by atoms with Crippen LogP contribution in [0.3, 0.4) is 0 Å². The van der Waals surface area contributed by atoms with Crippen molar-refractivity contribution in [3.05, 3.63) is 22.3 Å². The Bertz CT molecular complexity index is 684. The number of anilines is 1. The van der Waals surface area contributed by atoms with Gasteiger partial charge in [-0.15, -0.1) is 11.3 Å². The number of amides is 1. The zero-order valence-electron chi connectivity index (χ0n) is 13.8. The van der Waals surface area contributed by atoms with Crippen LogP contribution in [-0.2, 0) is 12.8 Å². The highest BCUT2D eigenvalue weighted by molar-refractivity contribution is 7.15. The minimum absolute atomic E-state index is 0.0888. The topological polar surface area (TPSA) is 86.2 Å². The van der Waals surface area contributed by atoms with Crippen LogP contribution in [0, 0.1) is 0 Å². The Balaban J connectivity index is 1.78. The molecule has 24 heavy (non-hydrogen) atoms. The lowest BCUT2D eigenvalue weighted by Gasteiger charge is -2.06. The minimum Gasteiger partial charge on any atom is -0.481 e. The van der Waals surface area contributed by atoms with Gasteiger partial charge in [-0.25, -0.2) is 4.98 Å².